The molecule has 24 heavy (non-hydrogen) atoms. The van der Waals surface area contributed by atoms with E-state index in [0.717, 1.165) is 22.9 Å². The van der Waals surface area contributed by atoms with Gasteiger partial charge in [-0.1, -0.05) is 6.08 Å². The van der Waals surface area contributed by atoms with Crippen LogP contribution in [0.3, 0.4) is 0 Å². The molecule has 2 aromatic rings. The first-order chi connectivity index (χ1) is 11.3. The standard InChI is InChI=1S/C17H18FN3O3/c1-7-8(2)21-15-11(16(19)22)6-12(18)14(13(7)15)9-3-4-10(5-9)24-17(20)23/h3,6,10,21H,4-5H2,1-2H3,(H2,19,22)(H2,20,23)/t10-/m1/s1. The maximum atomic E-state index is 14.8. The van der Waals surface area contributed by atoms with E-state index in [0.29, 0.717) is 29.3 Å². The van der Waals surface area contributed by atoms with Gasteiger partial charge in [0.1, 0.15) is 11.9 Å². The number of hydrogen-bond donors (Lipinski definition) is 3. The average Bonchev–Trinajstić information content (AvgIpc) is 3.04. The van der Waals surface area contributed by atoms with Crippen molar-refractivity contribution in [1.29, 1.82) is 0 Å². The molecule has 0 spiro atoms. The van der Waals surface area contributed by atoms with Crippen molar-refractivity contribution < 1.29 is 18.7 Å². The Morgan fingerprint density at radius 3 is 2.67 bits per heavy atom. The van der Waals surface area contributed by atoms with Crippen LogP contribution in [-0.2, 0) is 4.74 Å². The molecule has 126 valence electrons. The summed E-state index contributed by atoms with van der Waals surface area (Å²) in [6.45, 7) is 3.71. The van der Waals surface area contributed by atoms with E-state index < -0.39 is 23.9 Å². The van der Waals surface area contributed by atoms with Crippen LogP contribution in [0.5, 0.6) is 0 Å². The van der Waals surface area contributed by atoms with Crippen LogP contribution in [0.4, 0.5) is 9.18 Å². The first-order valence-corrected chi connectivity index (χ1v) is 7.56. The highest BCUT2D eigenvalue weighted by Crippen LogP contribution is 2.39. The second kappa shape index (κ2) is 5.67. The maximum absolute atomic E-state index is 14.8. The predicted octanol–water partition coefficient (Wildman–Crippen LogP) is 2.66. The first-order valence-electron chi connectivity index (χ1n) is 7.56. The van der Waals surface area contributed by atoms with Crippen LogP contribution in [0.2, 0.25) is 0 Å². The molecule has 3 rings (SSSR count). The zero-order chi connectivity index (χ0) is 17.6. The molecule has 6 nitrogen and oxygen atoms in total. The van der Waals surface area contributed by atoms with Crippen molar-refractivity contribution in [3.63, 3.8) is 0 Å². The third-order valence-electron chi connectivity index (χ3n) is 4.47. The van der Waals surface area contributed by atoms with E-state index in [4.69, 9.17) is 16.2 Å². The number of hydrogen-bond acceptors (Lipinski definition) is 3. The van der Waals surface area contributed by atoms with Crippen LogP contribution < -0.4 is 11.5 Å². The van der Waals surface area contributed by atoms with E-state index in [1.54, 1.807) is 0 Å². The lowest BCUT2D eigenvalue weighted by Crippen LogP contribution is -2.20. The number of nitrogens with one attached hydrogen (secondary N) is 1. The minimum atomic E-state index is -0.849. The Bertz CT molecular complexity index is 898. The van der Waals surface area contributed by atoms with Crippen LogP contribution >= 0.6 is 0 Å². The molecule has 0 bridgehead atoms. The quantitative estimate of drug-likeness (QED) is 0.804. The van der Waals surface area contributed by atoms with Gasteiger partial charge in [0.05, 0.1) is 11.1 Å². The van der Waals surface area contributed by atoms with Gasteiger partial charge in [-0.2, -0.15) is 0 Å². The fourth-order valence-corrected chi connectivity index (χ4v) is 3.28. The van der Waals surface area contributed by atoms with E-state index in [9.17, 15) is 14.0 Å². The molecule has 0 radical (unpaired) electrons. The summed E-state index contributed by atoms with van der Waals surface area (Å²) >= 11 is 0. The number of primary amides is 2. The third-order valence-corrected chi connectivity index (χ3v) is 4.47. The second-order valence-corrected chi connectivity index (χ2v) is 6.00. The van der Waals surface area contributed by atoms with E-state index in [1.165, 1.54) is 0 Å². The molecule has 7 heteroatoms. The fraction of sp³-hybridized carbons (Fsp3) is 0.294. The summed E-state index contributed by atoms with van der Waals surface area (Å²) in [7, 11) is 0. The van der Waals surface area contributed by atoms with Crippen LogP contribution in [0.1, 0.15) is 40.0 Å². The monoisotopic (exact) mass is 331 g/mol. The van der Waals surface area contributed by atoms with Gasteiger partial charge in [-0.05, 0) is 31.1 Å². The van der Waals surface area contributed by atoms with E-state index in [2.05, 4.69) is 4.98 Å². The van der Waals surface area contributed by atoms with Gasteiger partial charge >= 0.3 is 6.09 Å². The van der Waals surface area contributed by atoms with Crippen LogP contribution in [-0.4, -0.2) is 23.1 Å². The lowest BCUT2D eigenvalue weighted by Gasteiger charge is -2.13. The molecule has 0 fully saturated rings. The van der Waals surface area contributed by atoms with Gasteiger partial charge in [-0.25, -0.2) is 9.18 Å². The molecule has 5 N–H and O–H groups in total. The maximum Gasteiger partial charge on any atom is 0.404 e. The summed E-state index contributed by atoms with van der Waals surface area (Å²) in [6.07, 6.45) is 1.42. The van der Waals surface area contributed by atoms with Crippen molar-refractivity contribution in [2.75, 3.05) is 0 Å². The van der Waals surface area contributed by atoms with Crippen LogP contribution in [0.15, 0.2) is 12.1 Å². The van der Waals surface area contributed by atoms with Gasteiger partial charge in [-0.3, -0.25) is 4.79 Å². The number of rotatable bonds is 3. The number of ether oxygens (including phenoxy) is 1. The molecular weight excluding hydrogens is 313 g/mol. The van der Waals surface area contributed by atoms with Crippen molar-refractivity contribution in [3.8, 4) is 0 Å². The Morgan fingerprint density at radius 1 is 1.33 bits per heavy atom. The largest absolute Gasteiger partial charge is 0.446 e. The topological polar surface area (TPSA) is 111 Å². The molecule has 1 aromatic carbocycles. The lowest BCUT2D eigenvalue weighted by atomic mass is 9.95. The number of H-pyrrole nitrogens is 1. The molecule has 1 atom stereocenters. The van der Waals surface area contributed by atoms with Crippen LogP contribution in [0, 0.1) is 19.7 Å². The van der Waals surface area contributed by atoms with Gasteiger partial charge in [-0.15, -0.1) is 0 Å². The number of benzene rings is 1. The fourth-order valence-electron chi connectivity index (χ4n) is 3.28. The van der Waals surface area contributed by atoms with Crippen molar-refractivity contribution in [3.05, 3.63) is 40.3 Å². The number of carbonyl (C=O) groups excluding carboxylic acids is 2. The SMILES string of the molecule is Cc1[nH]c2c(C(N)=O)cc(F)c(C3=CC[C@@H](OC(N)=O)C3)c2c1C. The van der Waals surface area contributed by atoms with Gasteiger partial charge in [0.15, 0.2) is 0 Å². The number of aromatic nitrogens is 1. The normalized spacial score (nSPS) is 17.1. The molecule has 0 unspecified atom stereocenters. The highest BCUT2D eigenvalue weighted by Gasteiger charge is 2.27. The van der Waals surface area contributed by atoms with Crippen LogP contribution in [0.25, 0.3) is 16.5 Å². The van der Waals surface area contributed by atoms with Crippen molar-refractivity contribution in [2.24, 2.45) is 11.5 Å². The smallest absolute Gasteiger partial charge is 0.404 e. The average molecular weight is 331 g/mol. The molecule has 0 aliphatic heterocycles. The number of carbonyl (C=O) groups is 2. The zero-order valence-corrected chi connectivity index (χ0v) is 13.4. The summed E-state index contributed by atoms with van der Waals surface area (Å²) in [4.78, 5) is 25.7. The molecular formula is C17H18FN3O3. The van der Waals surface area contributed by atoms with Gasteiger partial charge < -0.3 is 21.2 Å². The molecule has 0 saturated heterocycles. The molecule has 2 amide bonds. The van der Waals surface area contributed by atoms with Gasteiger partial charge in [0.2, 0.25) is 0 Å². The molecule has 1 aromatic heterocycles. The molecule has 1 aliphatic carbocycles. The van der Waals surface area contributed by atoms with E-state index in [1.807, 2.05) is 19.9 Å². The summed E-state index contributed by atoms with van der Waals surface area (Å²) in [6, 6.07) is 1.15. The Kier molecular flexibility index (Phi) is 3.79. The van der Waals surface area contributed by atoms with Crippen molar-refractivity contribution >= 4 is 28.5 Å². The highest BCUT2D eigenvalue weighted by molar-refractivity contribution is 6.09. The number of halogens is 1. The summed E-state index contributed by atoms with van der Waals surface area (Å²) < 4.78 is 19.8. The van der Waals surface area contributed by atoms with Crippen molar-refractivity contribution in [1.82, 2.24) is 4.98 Å². The number of nitrogens with two attached hydrogens (primary N) is 2. The van der Waals surface area contributed by atoms with Crippen molar-refractivity contribution in [2.45, 2.75) is 32.8 Å². The number of aryl methyl sites for hydroxylation is 2. The minimum Gasteiger partial charge on any atom is -0.446 e. The summed E-state index contributed by atoms with van der Waals surface area (Å²) in [5.41, 5.74) is 13.9. The minimum absolute atomic E-state index is 0.117. The first kappa shape index (κ1) is 16.0. The number of amides is 2. The van der Waals surface area contributed by atoms with Gasteiger partial charge in [0.25, 0.3) is 5.91 Å². The zero-order valence-electron chi connectivity index (χ0n) is 13.4. The molecule has 1 aliphatic rings. The van der Waals surface area contributed by atoms with E-state index >= 15 is 0 Å². The number of fused-ring (bicyclic) bond motifs is 1. The molecule has 0 saturated carbocycles. The Labute approximate surface area is 137 Å². The molecule has 1 heterocycles. The predicted molar refractivity (Wildman–Crippen MR) is 87.9 cm³/mol. The highest BCUT2D eigenvalue weighted by atomic mass is 19.1. The second-order valence-electron chi connectivity index (χ2n) is 6.00. The Hall–Kier alpha value is -2.83. The van der Waals surface area contributed by atoms with E-state index in [-0.39, 0.29) is 5.56 Å². The summed E-state index contributed by atoms with van der Waals surface area (Å²) in [5, 5.41) is 0.632. The Morgan fingerprint density at radius 2 is 2.04 bits per heavy atom. The third kappa shape index (κ3) is 2.51. The number of aromatic amines is 1. The lowest BCUT2D eigenvalue weighted by molar-refractivity contribution is 0.100. The summed E-state index contributed by atoms with van der Waals surface area (Å²) in [5.74, 6) is -1.22. The van der Waals surface area contributed by atoms with Gasteiger partial charge in [0, 0.05) is 29.5 Å². The Balaban J connectivity index is 2.16.